The highest BCUT2D eigenvalue weighted by atomic mass is 16.3. The second-order valence-electron chi connectivity index (χ2n) is 3.98. The van der Waals surface area contributed by atoms with Gasteiger partial charge in [-0.3, -0.25) is 0 Å². The Labute approximate surface area is 97.2 Å². The van der Waals surface area contributed by atoms with E-state index in [1.165, 1.54) is 0 Å². The van der Waals surface area contributed by atoms with Crippen LogP contribution in [-0.4, -0.2) is 15.3 Å². The number of rotatable bonds is 6. The minimum absolute atomic E-state index is 0.427. The van der Waals surface area contributed by atoms with Gasteiger partial charge in [-0.25, -0.2) is 0 Å². The fourth-order valence-corrected chi connectivity index (χ4v) is 1.71. The van der Waals surface area contributed by atoms with E-state index in [0.29, 0.717) is 0 Å². The average molecular weight is 220 g/mol. The summed E-state index contributed by atoms with van der Waals surface area (Å²) >= 11 is 0. The van der Waals surface area contributed by atoms with E-state index in [2.05, 4.69) is 16.8 Å². The molecule has 3 nitrogen and oxygen atoms in total. The molecule has 0 aliphatic rings. The maximum absolute atomic E-state index is 10.1. The molecule has 0 amide bonds. The Morgan fingerprint density at radius 3 is 2.88 bits per heavy atom. The number of nitrogens with zero attached hydrogens (tertiary/aromatic N) is 2. The van der Waals surface area contributed by atoms with Gasteiger partial charge in [0.15, 0.2) is 0 Å². The van der Waals surface area contributed by atoms with Crippen LogP contribution in [0.15, 0.2) is 18.7 Å². The summed E-state index contributed by atoms with van der Waals surface area (Å²) in [5.41, 5.74) is 2.69. The van der Waals surface area contributed by atoms with E-state index in [0.717, 1.165) is 42.6 Å². The van der Waals surface area contributed by atoms with Crippen LogP contribution in [0.3, 0.4) is 0 Å². The van der Waals surface area contributed by atoms with Crippen LogP contribution >= 0.6 is 0 Å². The van der Waals surface area contributed by atoms with E-state index < -0.39 is 6.10 Å². The van der Waals surface area contributed by atoms with Gasteiger partial charge in [0.2, 0.25) is 0 Å². The summed E-state index contributed by atoms with van der Waals surface area (Å²) in [4.78, 5) is 0. The smallest absolute Gasteiger partial charge is 0.0809 e. The summed E-state index contributed by atoms with van der Waals surface area (Å²) < 4.78 is 0. The Kier molecular flexibility index (Phi) is 5.12. The Hall–Kier alpha value is -1.22. The molecule has 1 atom stereocenters. The summed E-state index contributed by atoms with van der Waals surface area (Å²) in [7, 11) is 0. The molecule has 0 saturated carbocycles. The van der Waals surface area contributed by atoms with E-state index >= 15 is 0 Å². The molecule has 0 aliphatic carbocycles. The highest BCUT2D eigenvalue weighted by Gasteiger charge is 2.13. The van der Waals surface area contributed by atoms with E-state index in [1.54, 1.807) is 0 Å². The van der Waals surface area contributed by atoms with Crippen LogP contribution in [0.4, 0.5) is 0 Å². The summed E-state index contributed by atoms with van der Waals surface area (Å²) in [5.74, 6) is 0. The maximum atomic E-state index is 10.1. The van der Waals surface area contributed by atoms with Crippen LogP contribution in [0, 0.1) is 6.92 Å². The van der Waals surface area contributed by atoms with Gasteiger partial charge in [0.05, 0.1) is 17.5 Å². The molecule has 0 spiro atoms. The molecule has 1 rings (SSSR count). The van der Waals surface area contributed by atoms with Gasteiger partial charge in [0, 0.05) is 5.56 Å². The lowest BCUT2D eigenvalue weighted by Gasteiger charge is -2.13. The fourth-order valence-electron chi connectivity index (χ4n) is 1.71. The van der Waals surface area contributed by atoms with Gasteiger partial charge in [0.1, 0.15) is 0 Å². The molecule has 0 bridgehead atoms. The first-order valence-electron chi connectivity index (χ1n) is 5.81. The third-order valence-corrected chi connectivity index (χ3v) is 2.61. The Morgan fingerprint density at radius 2 is 2.25 bits per heavy atom. The quantitative estimate of drug-likeness (QED) is 0.592. The van der Waals surface area contributed by atoms with Crippen molar-refractivity contribution in [2.24, 2.45) is 0 Å². The molecule has 0 saturated heterocycles. The minimum Gasteiger partial charge on any atom is -0.388 e. The third-order valence-electron chi connectivity index (χ3n) is 2.61. The summed E-state index contributed by atoms with van der Waals surface area (Å²) in [5, 5.41) is 18.2. The predicted octanol–water partition coefficient (Wildman–Crippen LogP) is 2.74. The van der Waals surface area contributed by atoms with E-state index in [1.807, 2.05) is 26.0 Å². The third kappa shape index (κ3) is 3.42. The normalized spacial score (nSPS) is 12.4. The standard InChI is InChI=1S/C13H20N2O/c1-4-6-7-8-13(16)11-9-10(3)14-15-12(11)5-2/h4,9,13,16H,1,5-8H2,2-3H3. The van der Waals surface area contributed by atoms with Crippen molar-refractivity contribution in [3.05, 3.63) is 35.7 Å². The number of hydrogen-bond acceptors (Lipinski definition) is 3. The van der Waals surface area contributed by atoms with Crippen molar-refractivity contribution in [2.75, 3.05) is 0 Å². The van der Waals surface area contributed by atoms with Crippen molar-refractivity contribution in [2.45, 2.75) is 45.6 Å². The first-order valence-corrected chi connectivity index (χ1v) is 5.81. The zero-order chi connectivity index (χ0) is 12.0. The molecular weight excluding hydrogens is 200 g/mol. The molecule has 0 fully saturated rings. The van der Waals surface area contributed by atoms with Crippen molar-refractivity contribution < 1.29 is 5.11 Å². The molecule has 0 aromatic carbocycles. The molecule has 1 aromatic heterocycles. The van der Waals surface area contributed by atoms with E-state index in [-0.39, 0.29) is 0 Å². The van der Waals surface area contributed by atoms with Crippen LogP contribution in [0.1, 0.15) is 49.2 Å². The summed E-state index contributed by atoms with van der Waals surface area (Å²) in [6.45, 7) is 7.60. The molecule has 88 valence electrons. The summed E-state index contributed by atoms with van der Waals surface area (Å²) in [6, 6.07) is 1.93. The monoisotopic (exact) mass is 220 g/mol. The Morgan fingerprint density at radius 1 is 1.50 bits per heavy atom. The largest absolute Gasteiger partial charge is 0.388 e. The highest BCUT2D eigenvalue weighted by molar-refractivity contribution is 5.23. The molecule has 1 heterocycles. The van der Waals surface area contributed by atoms with Crippen molar-refractivity contribution in [1.82, 2.24) is 10.2 Å². The van der Waals surface area contributed by atoms with Gasteiger partial charge < -0.3 is 5.11 Å². The van der Waals surface area contributed by atoms with Gasteiger partial charge >= 0.3 is 0 Å². The lowest BCUT2D eigenvalue weighted by molar-refractivity contribution is 0.163. The number of unbranched alkanes of at least 4 members (excludes halogenated alkanes) is 1. The number of aromatic nitrogens is 2. The Balaban J connectivity index is 2.75. The zero-order valence-electron chi connectivity index (χ0n) is 10.1. The lowest BCUT2D eigenvalue weighted by atomic mass is 10.0. The number of aryl methyl sites for hydroxylation is 2. The summed E-state index contributed by atoms with van der Waals surface area (Å²) in [6.07, 6.45) is 4.91. The second-order valence-corrected chi connectivity index (χ2v) is 3.98. The van der Waals surface area contributed by atoms with Crippen molar-refractivity contribution in [3.8, 4) is 0 Å². The van der Waals surface area contributed by atoms with Crippen molar-refractivity contribution >= 4 is 0 Å². The molecular formula is C13H20N2O. The van der Waals surface area contributed by atoms with Crippen LogP contribution in [0.25, 0.3) is 0 Å². The molecule has 0 aliphatic heterocycles. The first-order chi connectivity index (χ1) is 7.69. The van der Waals surface area contributed by atoms with E-state index in [4.69, 9.17) is 0 Å². The van der Waals surface area contributed by atoms with Gasteiger partial charge in [-0.2, -0.15) is 10.2 Å². The van der Waals surface area contributed by atoms with Gasteiger partial charge in [-0.15, -0.1) is 6.58 Å². The molecule has 1 aromatic rings. The lowest BCUT2D eigenvalue weighted by Crippen LogP contribution is -2.06. The molecule has 1 N–H and O–H groups in total. The maximum Gasteiger partial charge on any atom is 0.0809 e. The Bertz CT molecular complexity index is 350. The molecule has 0 radical (unpaired) electrons. The average Bonchev–Trinajstić information content (AvgIpc) is 2.29. The van der Waals surface area contributed by atoms with Crippen LogP contribution in [0.2, 0.25) is 0 Å². The second kappa shape index (κ2) is 6.38. The van der Waals surface area contributed by atoms with Crippen LogP contribution < -0.4 is 0 Å². The predicted molar refractivity (Wildman–Crippen MR) is 65.2 cm³/mol. The van der Waals surface area contributed by atoms with Gasteiger partial charge in [-0.05, 0) is 38.7 Å². The SMILES string of the molecule is C=CCCCC(O)c1cc(C)nnc1CC. The van der Waals surface area contributed by atoms with Crippen molar-refractivity contribution in [1.29, 1.82) is 0 Å². The fraction of sp³-hybridized carbons (Fsp3) is 0.538. The highest BCUT2D eigenvalue weighted by Crippen LogP contribution is 2.22. The number of hydrogen-bond donors (Lipinski definition) is 1. The van der Waals surface area contributed by atoms with Crippen LogP contribution in [0.5, 0.6) is 0 Å². The topological polar surface area (TPSA) is 46.0 Å². The molecule has 16 heavy (non-hydrogen) atoms. The molecule has 3 heteroatoms. The van der Waals surface area contributed by atoms with Gasteiger partial charge in [-0.1, -0.05) is 13.0 Å². The van der Waals surface area contributed by atoms with Crippen LogP contribution in [-0.2, 0) is 6.42 Å². The molecule has 1 unspecified atom stereocenters. The number of aliphatic hydroxyl groups is 1. The van der Waals surface area contributed by atoms with Gasteiger partial charge in [0.25, 0.3) is 0 Å². The van der Waals surface area contributed by atoms with Crippen molar-refractivity contribution in [3.63, 3.8) is 0 Å². The van der Waals surface area contributed by atoms with E-state index in [9.17, 15) is 5.11 Å². The number of aliphatic hydroxyl groups excluding tert-OH is 1. The zero-order valence-corrected chi connectivity index (χ0v) is 10.1. The minimum atomic E-state index is -0.427. The first kappa shape index (κ1) is 12.8. The number of allylic oxidation sites excluding steroid dienone is 1.